The summed E-state index contributed by atoms with van der Waals surface area (Å²) in [6.45, 7) is 2.26. The van der Waals surface area contributed by atoms with E-state index < -0.39 is 4.92 Å². The Bertz CT molecular complexity index is 748. The van der Waals surface area contributed by atoms with Crippen LogP contribution in [0.4, 0.5) is 5.69 Å². The van der Waals surface area contributed by atoms with Crippen molar-refractivity contribution in [2.24, 2.45) is 11.8 Å². The summed E-state index contributed by atoms with van der Waals surface area (Å²) in [6, 6.07) is 6.44. The average Bonchev–Trinajstić information content (AvgIpc) is 2.92. The zero-order valence-electron chi connectivity index (χ0n) is 13.3. The van der Waals surface area contributed by atoms with Gasteiger partial charge in [0.1, 0.15) is 6.17 Å². The van der Waals surface area contributed by atoms with Crippen LogP contribution in [0.2, 0.25) is 0 Å². The monoisotopic (exact) mass is 345 g/mol. The number of rotatable bonds is 2. The number of allylic oxidation sites excluding steroid dienone is 1. The highest BCUT2D eigenvalue weighted by Gasteiger charge is 2.46. The Morgan fingerprint density at radius 2 is 2.21 bits per heavy atom. The number of nitro groups is 1. The van der Waals surface area contributed by atoms with E-state index in [-0.39, 0.29) is 29.1 Å². The van der Waals surface area contributed by atoms with Crippen LogP contribution < -0.4 is 10.6 Å². The highest BCUT2D eigenvalue weighted by atomic mass is 32.2. The molecule has 0 spiro atoms. The Hall–Kier alpha value is -1.86. The number of carbonyl (C=O) groups excluding carboxylic acids is 1. The van der Waals surface area contributed by atoms with Crippen LogP contribution in [0, 0.1) is 22.0 Å². The number of thioether (sulfide) groups is 1. The van der Waals surface area contributed by atoms with E-state index in [2.05, 4.69) is 17.6 Å². The molecule has 0 aromatic heterocycles. The number of carbonyl (C=O) groups is 1. The summed E-state index contributed by atoms with van der Waals surface area (Å²) in [5.41, 5.74) is 2.05. The molecule has 4 atom stereocenters. The molecule has 3 aliphatic rings. The van der Waals surface area contributed by atoms with Crippen molar-refractivity contribution in [3.05, 3.63) is 50.4 Å². The SMILES string of the molecule is CC1CCC2=C(C1)SC1NC(c3cccc([N+](=O)[O-])c3)NC(=O)C21. The van der Waals surface area contributed by atoms with Crippen molar-refractivity contribution in [1.82, 2.24) is 10.6 Å². The third-order valence-corrected chi connectivity index (χ3v) is 6.44. The lowest BCUT2D eigenvalue weighted by atomic mass is 9.83. The number of amides is 1. The van der Waals surface area contributed by atoms with Gasteiger partial charge in [-0.25, -0.2) is 0 Å². The number of benzene rings is 1. The van der Waals surface area contributed by atoms with E-state index in [9.17, 15) is 14.9 Å². The molecule has 2 N–H and O–H groups in total. The molecule has 1 aromatic rings. The fourth-order valence-electron chi connectivity index (χ4n) is 3.81. The topological polar surface area (TPSA) is 84.3 Å². The lowest BCUT2D eigenvalue weighted by Crippen LogP contribution is -2.54. The van der Waals surface area contributed by atoms with Gasteiger partial charge in [-0.2, -0.15) is 0 Å². The summed E-state index contributed by atoms with van der Waals surface area (Å²) in [4.78, 5) is 24.6. The van der Waals surface area contributed by atoms with Crippen molar-refractivity contribution in [3.8, 4) is 0 Å². The Balaban J connectivity index is 1.57. The van der Waals surface area contributed by atoms with Gasteiger partial charge in [-0.05, 0) is 41.2 Å². The van der Waals surface area contributed by atoms with Crippen LogP contribution in [0.3, 0.4) is 0 Å². The van der Waals surface area contributed by atoms with Gasteiger partial charge >= 0.3 is 0 Å². The van der Waals surface area contributed by atoms with Crippen LogP contribution in [0.5, 0.6) is 0 Å². The van der Waals surface area contributed by atoms with Gasteiger partial charge in [-0.15, -0.1) is 11.8 Å². The van der Waals surface area contributed by atoms with Crippen LogP contribution in [0.1, 0.15) is 37.9 Å². The predicted octanol–water partition coefficient (Wildman–Crippen LogP) is 3.08. The number of non-ortho nitro benzene ring substituents is 1. The summed E-state index contributed by atoms with van der Waals surface area (Å²) >= 11 is 1.77. The summed E-state index contributed by atoms with van der Waals surface area (Å²) in [7, 11) is 0. The third-order valence-electron chi connectivity index (χ3n) is 5.06. The van der Waals surface area contributed by atoms with Gasteiger partial charge in [-0.1, -0.05) is 19.1 Å². The molecule has 0 radical (unpaired) electrons. The van der Waals surface area contributed by atoms with Crippen molar-refractivity contribution in [3.63, 3.8) is 0 Å². The number of hydrogen-bond donors (Lipinski definition) is 2. The summed E-state index contributed by atoms with van der Waals surface area (Å²) < 4.78 is 0. The zero-order chi connectivity index (χ0) is 16.8. The smallest absolute Gasteiger partial charge is 0.269 e. The molecule has 1 fully saturated rings. The molecule has 2 heterocycles. The van der Waals surface area contributed by atoms with E-state index in [0.717, 1.165) is 24.8 Å². The second-order valence-corrected chi connectivity index (χ2v) is 8.01. The predicted molar refractivity (Wildman–Crippen MR) is 92.0 cm³/mol. The van der Waals surface area contributed by atoms with Crippen molar-refractivity contribution in [2.45, 2.75) is 37.7 Å². The third kappa shape index (κ3) is 2.61. The van der Waals surface area contributed by atoms with Crippen LogP contribution in [-0.2, 0) is 4.79 Å². The van der Waals surface area contributed by atoms with E-state index in [4.69, 9.17) is 0 Å². The first-order chi connectivity index (χ1) is 11.5. The maximum absolute atomic E-state index is 12.7. The maximum Gasteiger partial charge on any atom is 0.269 e. The lowest BCUT2D eigenvalue weighted by Gasteiger charge is -2.34. The standard InChI is InChI=1S/C17H19N3O3S/c1-9-5-6-12-13(7-9)24-17-14(12)16(21)18-15(19-17)10-3-2-4-11(8-10)20(22)23/h2-4,8-9,14-15,17,19H,5-7H2,1H3,(H,18,21). The van der Waals surface area contributed by atoms with Gasteiger partial charge in [0.05, 0.1) is 16.2 Å². The minimum atomic E-state index is -0.414. The second-order valence-electron chi connectivity index (χ2n) is 6.77. The molecule has 2 aliphatic heterocycles. The molecule has 0 saturated carbocycles. The number of nitro benzene ring substituents is 1. The van der Waals surface area contributed by atoms with E-state index in [1.807, 2.05) is 0 Å². The molecule has 0 bridgehead atoms. The Labute approximate surface area is 144 Å². The highest BCUT2D eigenvalue weighted by Crippen LogP contribution is 2.50. The van der Waals surface area contributed by atoms with Crippen molar-refractivity contribution in [1.29, 1.82) is 0 Å². The van der Waals surface area contributed by atoms with Gasteiger partial charge in [0.25, 0.3) is 5.69 Å². The Morgan fingerprint density at radius 1 is 1.38 bits per heavy atom. The molecular weight excluding hydrogens is 326 g/mol. The first-order valence-electron chi connectivity index (χ1n) is 8.22. The summed E-state index contributed by atoms with van der Waals surface area (Å²) in [6.07, 6.45) is 2.82. The van der Waals surface area contributed by atoms with Crippen molar-refractivity contribution >= 4 is 23.4 Å². The minimum Gasteiger partial charge on any atom is -0.336 e. The first-order valence-corrected chi connectivity index (χ1v) is 9.10. The quantitative estimate of drug-likeness (QED) is 0.636. The van der Waals surface area contributed by atoms with Gasteiger partial charge in [0.15, 0.2) is 0 Å². The molecule has 4 rings (SSSR count). The number of hydrogen-bond acceptors (Lipinski definition) is 5. The van der Waals surface area contributed by atoms with Crippen LogP contribution >= 0.6 is 11.8 Å². The second kappa shape index (κ2) is 5.89. The minimum absolute atomic E-state index is 0.0262. The fraction of sp³-hybridized carbons (Fsp3) is 0.471. The van der Waals surface area contributed by atoms with E-state index in [0.29, 0.717) is 5.92 Å². The molecule has 24 heavy (non-hydrogen) atoms. The molecule has 6 nitrogen and oxygen atoms in total. The normalized spacial score (nSPS) is 32.1. The molecule has 126 valence electrons. The van der Waals surface area contributed by atoms with Gasteiger partial charge in [0, 0.05) is 12.1 Å². The molecule has 4 unspecified atom stereocenters. The molecule has 1 saturated heterocycles. The number of nitrogens with one attached hydrogen (secondary N) is 2. The molecular formula is C17H19N3O3S. The lowest BCUT2D eigenvalue weighted by molar-refractivity contribution is -0.384. The van der Waals surface area contributed by atoms with Gasteiger partial charge in [0.2, 0.25) is 5.91 Å². The van der Waals surface area contributed by atoms with Gasteiger partial charge < -0.3 is 5.32 Å². The molecule has 7 heteroatoms. The average molecular weight is 345 g/mol. The zero-order valence-corrected chi connectivity index (χ0v) is 14.1. The van der Waals surface area contributed by atoms with Crippen LogP contribution in [0.15, 0.2) is 34.7 Å². The summed E-state index contributed by atoms with van der Waals surface area (Å²) in [5, 5.41) is 17.5. The molecule has 1 aliphatic carbocycles. The largest absolute Gasteiger partial charge is 0.336 e. The van der Waals surface area contributed by atoms with Crippen LogP contribution in [-0.4, -0.2) is 16.2 Å². The van der Waals surface area contributed by atoms with E-state index in [1.165, 1.54) is 22.6 Å². The molecule has 1 aromatic carbocycles. The van der Waals surface area contributed by atoms with Crippen molar-refractivity contribution < 1.29 is 9.72 Å². The fourth-order valence-corrected chi connectivity index (χ4v) is 5.50. The molecule has 1 amide bonds. The highest BCUT2D eigenvalue weighted by molar-refractivity contribution is 8.04. The number of nitrogens with zero attached hydrogens (tertiary/aromatic N) is 1. The Morgan fingerprint density at radius 3 is 3.00 bits per heavy atom. The van der Waals surface area contributed by atoms with E-state index >= 15 is 0 Å². The Kier molecular flexibility index (Phi) is 3.85. The van der Waals surface area contributed by atoms with Crippen LogP contribution in [0.25, 0.3) is 0 Å². The maximum atomic E-state index is 12.7. The van der Waals surface area contributed by atoms with E-state index in [1.54, 1.807) is 23.9 Å². The first kappa shape index (κ1) is 15.7. The van der Waals surface area contributed by atoms with Gasteiger partial charge in [-0.3, -0.25) is 20.2 Å². The summed E-state index contributed by atoms with van der Waals surface area (Å²) in [5.74, 6) is 0.599. The number of fused-ring (bicyclic) bond motifs is 2. The van der Waals surface area contributed by atoms with Crippen molar-refractivity contribution in [2.75, 3.05) is 0 Å².